The van der Waals surface area contributed by atoms with Crippen LogP contribution in [0.1, 0.15) is 312 Å². The molecular weight excluding hydrogens is 1090 g/mol. The summed E-state index contributed by atoms with van der Waals surface area (Å²) in [5.74, 6) is 6.41. The predicted molar refractivity (Wildman–Crippen MR) is 379 cm³/mol. The highest BCUT2D eigenvalue weighted by Gasteiger charge is 2.29. The molecule has 0 aliphatic carbocycles. The molecule has 494 valence electrons. The van der Waals surface area contributed by atoms with Crippen LogP contribution in [-0.2, 0) is 0 Å². The summed E-state index contributed by atoms with van der Waals surface area (Å²) in [6.07, 6.45) is 46.3. The van der Waals surface area contributed by atoms with Crippen LogP contribution in [0.5, 0.6) is 46.0 Å². The average molecular weight is 1220 g/mol. The Morgan fingerprint density at radius 1 is 0.170 bits per heavy atom. The van der Waals surface area contributed by atoms with E-state index in [4.69, 9.17) is 37.9 Å². The lowest BCUT2D eigenvalue weighted by atomic mass is 9.84. The maximum Gasteiger partial charge on any atom is 0.169 e. The molecule has 0 amide bonds. The average Bonchev–Trinajstić information content (AvgIpc) is 0.692. The molecule has 0 aliphatic heterocycles. The van der Waals surface area contributed by atoms with Crippen molar-refractivity contribution in [2.45, 2.75) is 312 Å². The van der Waals surface area contributed by atoms with E-state index in [-0.39, 0.29) is 0 Å². The Morgan fingerprint density at radius 2 is 0.341 bits per heavy atom. The van der Waals surface area contributed by atoms with Crippen molar-refractivity contribution in [1.29, 1.82) is 0 Å². The second kappa shape index (κ2) is 43.9. The summed E-state index contributed by atoms with van der Waals surface area (Å²) in [6.45, 7) is 23.2. The molecular formula is C80H126O8. The molecule has 0 atom stereocenters. The number of rotatable bonds is 56. The van der Waals surface area contributed by atoms with Crippen molar-refractivity contribution >= 4 is 53.9 Å². The number of ether oxygens (including phenoxy) is 8. The molecule has 0 heterocycles. The molecule has 6 aromatic carbocycles. The highest BCUT2D eigenvalue weighted by atomic mass is 16.5. The Hall–Kier alpha value is -4.72. The molecule has 8 heteroatoms. The smallest absolute Gasteiger partial charge is 0.169 e. The van der Waals surface area contributed by atoms with Gasteiger partial charge in [-0.1, -0.05) is 261 Å². The molecule has 0 saturated heterocycles. The zero-order chi connectivity index (χ0) is 62.2. The Labute approximate surface area is 536 Å². The highest BCUT2D eigenvalue weighted by molar-refractivity contribution is 6.42. The van der Waals surface area contributed by atoms with Crippen LogP contribution < -0.4 is 37.9 Å². The molecule has 8 nitrogen and oxygen atoms in total. The van der Waals surface area contributed by atoms with E-state index in [1.54, 1.807) is 0 Å². The lowest BCUT2D eigenvalue weighted by Crippen LogP contribution is -2.07. The van der Waals surface area contributed by atoms with E-state index in [1.807, 2.05) is 0 Å². The maximum absolute atomic E-state index is 7.38. The summed E-state index contributed by atoms with van der Waals surface area (Å²) in [4.78, 5) is 0. The van der Waals surface area contributed by atoms with Crippen molar-refractivity contribution in [2.24, 2.45) is 0 Å². The Bertz CT molecular complexity index is 2610. The second-order valence-corrected chi connectivity index (χ2v) is 25.8. The number of hydrogen-bond donors (Lipinski definition) is 0. The van der Waals surface area contributed by atoms with Crippen molar-refractivity contribution in [3.8, 4) is 46.0 Å². The van der Waals surface area contributed by atoms with Crippen LogP contribution in [0.4, 0.5) is 0 Å². The van der Waals surface area contributed by atoms with Gasteiger partial charge in [0.15, 0.2) is 46.0 Å². The number of fused-ring (bicyclic) bond motifs is 6. The molecule has 0 spiro atoms. The van der Waals surface area contributed by atoms with Crippen LogP contribution in [0.15, 0.2) is 36.4 Å². The zero-order valence-corrected chi connectivity index (χ0v) is 57.7. The number of benzene rings is 6. The standard InChI is InChI=1S/C80H126O8/c1-9-17-25-33-41-49-81-69-57-63-65-61-73(85-53-45-37-29-21-13-5)80(88-56-48-40-32-24-16-8)78-68-60-72(84-52-44-36-28-20-12-4)70(82-50-42-34-26-18-10-2)58-64(68)66-62-74(86-54-46-38-30-22-14-6)79(87-55-47-39-31-23-15-7)77(76(66)75(65)78)67(63)59-71(69)83-51-43-35-27-19-11-3/h57-62H,9-56H2,1-8H3. The van der Waals surface area contributed by atoms with Crippen LogP contribution >= 0.6 is 0 Å². The summed E-state index contributed by atoms with van der Waals surface area (Å²) in [6, 6.07) is 13.9. The minimum absolute atomic E-state index is 0.598. The number of hydrogen-bond acceptors (Lipinski definition) is 8. The van der Waals surface area contributed by atoms with Crippen molar-refractivity contribution in [3.63, 3.8) is 0 Å². The fourth-order valence-corrected chi connectivity index (χ4v) is 12.8. The summed E-state index contributed by atoms with van der Waals surface area (Å²) < 4.78 is 57.3. The van der Waals surface area contributed by atoms with Crippen LogP contribution in [0.3, 0.4) is 0 Å². The first-order valence-electron chi connectivity index (χ1n) is 37.3. The highest BCUT2D eigenvalue weighted by Crippen LogP contribution is 2.57. The van der Waals surface area contributed by atoms with Crippen LogP contribution in [0.25, 0.3) is 53.9 Å². The van der Waals surface area contributed by atoms with E-state index in [9.17, 15) is 0 Å². The third kappa shape index (κ3) is 22.9. The lowest BCUT2D eigenvalue weighted by molar-refractivity contribution is 0.259. The van der Waals surface area contributed by atoms with Gasteiger partial charge >= 0.3 is 0 Å². The molecule has 0 saturated carbocycles. The van der Waals surface area contributed by atoms with E-state index in [0.29, 0.717) is 52.9 Å². The van der Waals surface area contributed by atoms with Crippen LogP contribution in [0, 0.1) is 0 Å². The van der Waals surface area contributed by atoms with Gasteiger partial charge < -0.3 is 37.9 Å². The summed E-state index contributed by atoms with van der Waals surface area (Å²) >= 11 is 0. The molecule has 0 radical (unpaired) electrons. The first kappa shape index (κ1) is 72.3. The van der Waals surface area contributed by atoms with Crippen LogP contribution in [-0.4, -0.2) is 52.9 Å². The summed E-state index contributed by atoms with van der Waals surface area (Å²) in [5.41, 5.74) is 0. The first-order valence-corrected chi connectivity index (χ1v) is 37.3. The first-order chi connectivity index (χ1) is 43.5. The van der Waals surface area contributed by atoms with Gasteiger partial charge in [-0.2, -0.15) is 0 Å². The van der Waals surface area contributed by atoms with Gasteiger partial charge in [0.2, 0.25) is 0 Å². The molecule has 0 aromatic heterocycles. The Balaban J connectivity index is 1.77. The van der Waals surface area contributed by atoms with Crippen molar-refractivity contribution in [3.05, 3.63) is 36.4 Å². The fraction of sp³-hybridized carbons (Fsp3) is 0.700. The maximum atomic E-state index is 7.38. The molecule has 6 aromatic rings. The van der Waals surface area contributed by atoms with Crippen molar-refractivity contribution in [1.82, 2.24) is 0 Å². The van der Waals surface area contributed by atoms with E-state index >= 15 is 0 Å². The minimum atomic E-state index is 0.598. The van der Waals surface area contributed by atoms with Crippen molar-refractivity contribution in [2.75, 3.05) is 52.9 Å². The molecule has 0 bridgehead atoms. The second-order valence-electron chi connectivity index (χ2n) is 25.8. The summed E-state index contributed by atoms with van der Waals surface area (Å²) in [7, 11) is 0. The molecule has 88 heavy (non-hydrogen) atoms. The van der Waals surface area contributed by atoms with Gasteiger partial charge in [0.25, 0.3) is 0 Å². The predicted octanol–water partition coefficient (Wildman–Crippen LogP) is 25.7. The molecule has 0 unspecified atom stereocenters. The molecule has 6 rings (SSSR count). The minimum Gasteiger partial charge on any atom is -0.490 e. The van der Waals surface area contributed by atoms with Gasteiger partial charge in [0, 0.05) is 21.5 Å². The Morgan fingerprint density at radius 3 is 0.568 bits per heavy atom. The van der Waals surface area contributed by atoms with Gasteiger partial charge in [-0.25, -0.2) is 0 Å². The quantitative estimate of drug-likeness (QED) is 0.0212. The molecule has 0 fully saturated rings. The monoisotopic (exact) mass is 1210 g/mol. The normalized spacial score (nSPS) is 11.8. The lowest BCUT2D eigenvalue weighted by Gasteiger charge is -2.26. The van der Waals surface area contributed by atoms with E-state index in [0.717, 1.165) is 203 Å². The summed E-state index contributed by atoms with van der Waals surface area (Å²) in [5, 5.41) is 10.9. The largest absolute Gasteiger partial charge is 0.490 e. The zero-order valence-electron chi connectivity index (χ0n) is 57.7. The SMILES string of the molecule is CCCCCCCOc1cc2c(cc1OCCCCCCC)c1c(OCCCCCCC)c(OCCCCCCC)cc3c4cc(OCCCCCCC)c(OCCCCCCC)cc4c4c(OCCCCCCC)c(OCCCCCCC)cc2c4c31. The third-order valence-electron chi connectivity index (χ3n) is 18.0. The van der Waals surface area contributed by atoms with E-state index in [1.165, 1.54) is 154 Å². The van der Waals surface area contributed by atoms with E-state index < -0.39 is 0 Å². The van der Waals surface area contributed by atoms with Crippen LogP contribution in [0.2, 0.25) is 0 Å². The van der Waals surface area contributed by atoms with E-state index in [2.05, 4.69) is 91.8 Å². The molecule has 0 N–H and O–H groups in total. The van der Waals surface area contributed by atoms with Gasteiger partial charge in [-0.05, 0) is 120 Å². The molecule has 0 aliphatic rings. The van der Waals surface area contributed by atoms with Gasteiger partial charge in [0.1, 0.15) is 0 Å². The van der Waals surface area contributed by atoms with Gasteiger partial charge in [-0.15, -0.1) is 0 Å². The van der Waals surface area contributed by atoms with Gasteiger partial charge in [-0.3, -0.25) is 0 Å². The fourth-order valence-electron chi connectivity index (χ4n) is 12.8. The topological polar surface area (TPSA) is 73.8 Å². The van der Waals surface area contributed by atoms with Crippen molar-refractivity contribution < 1.29 is 37.9 Å². The third-order valence-corrected chi connectivity index (χ3v) is 18.0. The van der Waals surface area contributed by atoms with Gasteiger partial charge in [0.05, 0.1) is 52.9 Å². The Kier molecular flexibility index (Phi) is 36.1. The number of unbranched alkanes of at least 4 members (excludes halogenated alkanes) is 32.